The maximum atomic E-state index is 13.2. The van der Waals surface area contributed by atoms with Crippen molar-refractivity contribution in [2.45, 2.75) is 38.6 Å². The first kappa shape index (κ1) is 13.0. The fraction of sp³-hybridized carbons (Fsp3) is 0.571. The van der Waals surface area contributed by atoms with Crippen molar-refractivity contribution in [3.8, 4) is 0 Å². The predicted octanol–water partition coefficient (Wildman–Crippen LogP) is 3.91. The summed E-state index contributed by atoms with van der Waals surface area (Å²) >= 11 is 3.25. The first-order chi connectivity index (χ1) is 8.20. The molecule has 2 rings (SSSR count). The molecule has 94 valence electrons. The topological polar surface area (TPSA) is 12.0 Å². The van der Waals surface area contributed by atoms with E-state index >= 15 is 0 Å². The fourth-order valence-corrected chi connectivity index (χ4v) is 3.21. The Morgan fingerprint density at radius 2 is 2.24 bits per heavy atom. The number of halogens is 2. The summed E-state index contributed by atoms with van der Waals surface area (Å²) in [6, 6.07) is 6.01. The summed E-state index contributed by atoms with van der Waals surface area (Å²) in [5.41, 5.74) is 1.23. The molecule has 3 heteroatoms. The standard InChI is InChI=1S/C14H19BrFN/c1-2-17-14-5-3-4-11(14)8-10-6-7-13(16)12(15)9-10/h6-7,9,11,14,17H,2-5,8H2,1H3. The Morgan fingerprint density at radius 1 is 1.41 bits per heavy atom. The van der Waals surface area contributed by atoms with Gasteiger partial charge in [0.1, 0.15) is 5.82 Å². The van der Waals surface area contributed by atoms with Crippen LogP contribution >= 0.6 is 15.9 Å². The first-order valence-corrected chi connectivity index (χ1v) is 7.17. The lowest BCUT2D eigenvalue weighted by Gasteiger charge is -2.20. The molecule has 0 spiro atoms. The van der Waals surface area contributed by atoms with Crippen LogP contribution in [0.15, 0.2) is 22.7 Å². The summed E-state index contributed by atoms with van der Waals surface area (Å²) in [5.74, 6) is 0.524. The Kier molecular flexibility index (Phi) is 4.57. The van der Waals surface area contributed by atoms with Crippen LogP contribution in [0.1, 0.15) is 31.7 Å². The number of hydrogen-bond acceptors (Lipinski definition) is 1. The van der Waals surface area contributed by atoms with E-state index in [1.807, 2.05) is 12.1 Å². The molecule has 0 heterocycles. The molecule has 1 N–H and O–H groups in total. The third-order valence-corrected chi connectivity index (χ3v) is 4.21. The van der Waals surface area contributed by atoms with Crippen LogP contribution in [0.3, 0.4) is 0 Å². The minimum Gasteiger partial charge on any atom is -0.314 e. The van der Waals surface area contributed by atoms with Crippen LogP contribution in [0, 0.1) is 11.7 Å². The molecule has 1 aliphatic carbocycles. The molecule has 17 heavy (non-hydrogen) atoms. The molecule has 0 radical (unpaired) electrons. The largest absolute Gasteiger partial charge is 0.314 e. The quantitative estimate of drug-likeness (QED) is 0.889. The second-order valence-electron chi connectivity index (χ2n) is 4.81. The molecule has 0 saturated heterocycles. The van der Waals surface area contributed by atoms with Gasteiger partial charge in [-0.05, 0) is 65.4 Å². The summed E-state index contributed by atoms with van der Waals surface area (Å²) in [4.78, 5) is 0. The van der Waals surface area contributed by atoms with Crippen LogP contribution < -0.4 is 5.32 Å². The van der Waals surface area contributed by atoms with Crippen LogP contribution in [-0.2, 0) is 6.42 Å². The Hall–Kier alpha value is -0.410. The van der Waals surface area contributed by atoms with Crippen molar-refractivity contribution in [3.63, 3.8) is 0 Å². The minimum absolute atomic E-state index is 0.177. The number of nitrogens with one attached hydrogen (secondary N) is 1. The summed E-state index contributed by atoms with van der Waals surface area (Å²) < 4.78 is 13.7. The smallest absolute Gasteiger partial charge is 0.137 e. The van der Waals surface area contributed by atoms with Crippen molar-refractivity contribution in [2.24, 2.45) is 5.92 Å². The molecule has 1 nitrogen and oxygen atoms in total. The Balaban J connectivity index is 2.02. The molecule has 0 aliphatic heterocycles. The van der Waals surface area contributed by atoms with E-state index in [1.165, 1.54) is 24.8 Å². The number of benzene rings is 1. The Morgan fingerprint density at radius 3 is 2.94 bits per heavy atom. The molecule has 1 aliphatic rings. The van der Waals surface area contributed by atoms with Crippen LogP contribution in [0.25, 0.3) is 0 Å². The number of rotatable bonds is 4. The van der Waals surface area contributed by atoms with Crippen molar-refractivity contribution < 1.29 is 4.39 Å². The van der Waals surface area contributed by atoms with Crippen LogP contribution in [0.4, 0.5) is 4.39 Å². The molecule has 2 unspecified atom stereocenters. The van der Waals surface area contributed by atoms with Crippen molar-refractivity contribution in [3.05, 3.63) is 34.1 Å². The van der Waals surface area contributed by atoms with E-state index in [2.05, 4.69) is 28.2 Å². The third-order valence-electron chi connectivity index (χ3n) is 3.61. The van der Waals surface area contributed by atoms with Crippen LogP contribution in [-0.4, -0.2) is 12.6 Å². The van der Waals surface area contributed by atoms with Gasteiger partial charge >= 0.3 is 0 Å². The summed E-state index contributed by atoms with van der Waals surface area (Å²) in [6.07, 6.45) is 4.93. The van der Waals surface area contributed by atoms with E-state index in [1.54, 1.807) is 6.07 Å². The second kappa shape index (κ2) is 5.96. The van der Waals surface area contributed by atoms with Gasteiger partial charge in [-0.15, -0.1) is 0 Å². The summed E-state index contributed by atoms with van der Waals surface area (Å²) in [7, 11) is 0. The fourth-order valence-electron chi connectivity index (χ4n) is 2.78. The third kappa shape index (κ3) is 3.29. The lowest BCUT2D eigenvalue weighted by atomic mass is 9.94. The Bertz CT molecular complexity index is 380. The maximum Gasteiger partial charge on any atom is 0.137 e. The highest BCUT2D eigenvalue weighted by atomic mass is 79.9. The molecule has 1 aromatic carbocycles. The van der Waals surface area contributed by atoms with E-state index in [4.69, 9.17) is 0 Å². The Labute approximate surface area is 111 Å². The van der Waals surface area contributed by atoms with E-state index in [-0.39, 0.29) is 5.82 Å². The first-order valence-electron chi connectivity index (χ1n) is 6.38. The average molecular weight is 300 g/mol. The highest BCUT2D eigenvalue weighted by molar-refractivity contribution is 9.10. The minimum atomic E-state index is -0.177. The zero-order valence-electron chi connectivity index (χ0n) is 10.2. The summed E-state index contributed by atoms with van der Waals surface area (Å²) in [5, 5.41) is 3.55. The zero-order chi connectivity index (χ0) is 12.3. The van der Waals surface area contributed by atoms with Crippen molar-refractivity contribution in [1.29, 1.82) is 0 Å². The molecule has 1 aromatic rings. The van der Waals surface area contributed by atoms with Gasteiger partial charge < -0.3 is 5.32 Å². The average Bonchev–Trinajstić information content (AvgIpc) is 2.72. The molecule has 1 saturated carbocycles. The highest BCUT2D eigenvalue weighted by Gasteiger charge is 2.26. The van der Waals surface area contributed by atoms with Gasteiger partial charge in [-0.3, -0.25) is 0 Å². The predicted molar refractivity (Wildman–Crippen MR) is 72.6 cm³/mol. The lowest BCUT2D eigenvalue weighted by molar-refractivity contribution is 0.406. The summed E-state index contributed by atoms with van der Waals surface area (Å²) in [6.45, 7) is 3.19. The van der Waals surface area contributed by atoms with Gasteiger partial charge in [0.05, 0.1) is 4.47 Å². The van der Waals surface area contributed by atoms with E-state index < -0.39 is 0 Å². The maximum absolute atomic E-state index is 13.2. The normalized spacial score (nSPS) is 24.2. The van der Waals surface area contributed by atoms with Gasteiger partial charge in [0, 0.05) is 6.04 Å². The van der Waals surface area contributed by atoms with E-state index in [9.17, 15) is 4.39 Å². The molecule has 0 aromatic heterocycles. The molecule has 2 atom stereocenters. The molecule has 0 bridgehead atoms. The molecule has 0 amide bonds. The van der Waals surface area contributed by atoms with Crippen molar-refractivity contribution in [2.75, 3.05) is 6.54 Å². The van der Waals surface area contributed by atoms with Crippen molar-refractivity contribution >= 4 is 15.9 Å². The van der Waals surface area contributed by atoms with Gasteiger partial charge in [0.2, 0.25) is 0 Å². The van der Waals surface area contributed by atoms with Crippen LogP contribution in [0.2, 0.25) is 0 Å². The molecule has 1 fully saturated rings. The van der Waals surface area contributed by atoms with Gasteiger partial charge in [0.25, 0.3) is 0 Å². The highest BCUT2D eigenvalue weighted by Crippen LogP contribution is 2.29. The second-order valence-corrected chi connectivity index (χ2v) is 5.66. The van der Waals surface area contributed by atoms with Gasteiger partial charge in [0.15, 0.2) is 0 Å². The van der Waals surface area contributed by atoms with Gasteiger partial charge in [-0.25, -0.2) is 4.39 Å². The van der Waals surface area contributed by atoms with Gasteiger partial charge in [-0.2, -0.15) is 0 Å². The zero-order valence-corrected chi connectivity index (χ0v) is 11.8. The van der Waals surface area contributed by atoms with Crippen LogP contribution in [0.5, 0.6) is 0 Å². The molecular weight excluding hydrogens is 281 g/mol. The SMILES string of the molecule is CCNC1CCCC1Cc1ccc(F)c(Br)c1. The monoisotopic (exact) mass is 299 g/mol. The molecular formula is C14H19BrFN. The van der Waals surface area contributed by atoms with E-state index in [0.717, 1.165) is 13.0 Å². The van der Waals surface area contributed by atoms with Gasteiger partial charge in [-0.1, -0.05) is 19.4 Å². The van der Waals surface area contributed by atoms with Crippen molar-refractivity contribution in [1.82, 2.24) is 5.32 Å². The lowest BCUT2D eigenvalue weighted by Crippen LogP contribution is -2.33. The van der Waals surface area contributed by atoms with E-state index in [0.29, 0.717) is 16.4 Å². The number of hydrogen-bond donors (Lipinski definition) is 1.